The quantitative estimate of drug-likeness (QED) is 0.425. The molecule has 3 rings (SSSR count). The van der Waals surface area contributed by atoms with E-state index in [2.05, 4.69) is 31.4 Å². The molecule has 28 heavy (non-hydrogen) atoms. The number of phenolic OH excluding ortho intramolecular Hbond substituents is 1. The lowest BCUT2D eigenvalue weighted by Crippen LogP contribution is -2.17. The monoisotopic (exact) mass is 459 g/mol. The summed E-state index contributed by atoms with van der Waals surface area (Å²) in [6, 6.07) is 13.3. The molecule has 0 saturated carbocycles. The van der Waals surface area contributed by atoms with Crippen LogP contribution in [0.1, 0.15) is 31.5 Å². The maximum Gasteiger partial charge on any atom is 0.283 e. The van der Waals surface area contributed by atoms with E-state index in [9.17, 15) is 9.90 Å². The van der Waals surface area contributed by atoms with Crippen molar-refractivity contribution in [3.8, 4) is 11.5 Å². The molecule has 0 radical (unpaired) electrons. The van der Waals surface area contributed by atoms with Gasteiger partial charge in [-0.15, -0.1) is 11.3 Å². The van der Waals surface area contributed by atoms with Gasteiger partial charge < -0.3 is 9.84 Å². The zero-order chi connectivity index (χ0) is 20.1. The molecule has 0 aliphatic heterocycles. The molecular formula is C20H18BrN3O3S. The molecular weight excluding hydrogens is 442 g/mol. The minimum Gasteiger partial charge on any atom is -0.503 e. The van der Waals surface area contributed by atoms with Gasteiger partial charge in [-0.1, -0.05) is 30.3 Å². The Morgan fingerprint density at radius 3 is 2.82 bits per heavy atom. The van der Waals surface area contributed by atoms with Gasteiger partial charge in [0.05, 0.1) is 28.5 Å². The lowest BCUT2D eigenvalue weighted by Gasteiger charge is -2.06. The fourth-order valence-corrected chi connectivity index (χ4v) is 4.00. The summed E-state index contributed by atoms with van der Waals surface area (Å²) in [4.78, 5) is 17.5. The summed E-state index contributed by atoms with van der Waals surface area (Å²) in [5.41, 5.74) is 5.00. The van der Waals surface area contributed by atoms with Crippen molar-refractivity contribution in [3.63, 3.8) is 0 Å². The third-order valence-corrected chi connectivity index (χ3v) is 5.66. The number of thiazole rings is 1. The lowest BCUT2D eigenvalue weighted by atomic mass is 10.2. The van der Waals surface area contributed by atoms with Gasteiger partial charge in [0.15, 0.2) is 11.5 Å². The Balaban J connectivity index is 1.68. The highest BCUT2D eigenvalue weighted by molar-refractivity contribution is 9.10. The SMILES string of the molecule is COc1cc(/C=N\NC(=O)c2sc(Cc3ccccc3)nc2C)cc(Br)c1O. The predicted molar refractivity (Wildman–Crippen MR) is 114 cm³/mol. The smallest absolute Gasteiger partial charge is 0.283 e. The van der Waals surface area contributed by atoms with E-state index in [-0.39, 0.29) is 11.7 Å². The average molecular weight is 460 g/mol. The van der Waals surface area contributed by atoms with Crippen LogP contribution >= 0.6 is 27.3 Å². The number of amides is 1. The number of carbonyl (C=O) groups is 1. The second-order valence-corrected chi connectivity index (χ2v) is 7.88. The highest BCUT2D eigenvalue weighted by Gasteiger charge is 2.15. The number of methoxy groups -OCH3 is 1. The number of hydrazone groups is 1. The van der Waals surface area contributed by atoms with Gasteiger partial charge in [-0.05, 0) is 46.1 Å². The molecule has 1 aromatic heterocycles. The topological polar surface area (TPSA) is 83.8 Å². The summed E-state index contributed by atoms with van der Waals surface area (Å²) in [5.74, 6) is 0.0105. The molecule has 0 atom stereocenters. The third-order valence-electron chi connectivity index (χ3n) is 3.90. The molecule has 6 nitrogen and oxygen atoms in total. The van der Waals surface area contributed by atoms with Gasteiger partial charge in [-0.25, -0.2) is 10.4 Å². The summed E-state index contributed by atoms with van der Waals surface area (Å²) in [5, 5.41) is 14.7. The molecule has 1 amide bonds. The van der Waals surface area contributed by atoms with E-state index in [1.54, 1.807) is 12.1 Å². The first-order valence-corrected chi connectivity index (χ1v) is 9.99. The first-order chi connectivity index (χ1) is 13.5. The van der Waals surface area contributed by atoms with Gasteiger partial charge >= 0.3 is 0 Å². The van der Waals surface area contributed by atoms with Crippen LogP contribution in [0.5, 0.6) is 11.5 Å². The number of hydrogen-bond acceptors (Lipinski definition) is 6. The van der Waals surface area contributed by atoms with Crippen molar-refractivity contribution in [2.45, 2.75) is 13.3 Å². The lowest BCUT2D eigenvalue weighted by molar-refractivity contribution is 0.0958. The fourth-order valence-electron chi connectivity index (χ4n) is 2.55. The number of hydrogen-bond donors (Lipinski definition) is 2. The van der Waals surface area contributed by atoms with Gasteiger partial charge in [0, 0.05) is 6.42 Å². The first-order valence-electron chi connectivity index (χ1n) is 8.38. The largest absolute Gasteiger partial charge is 0.503 e. The number of aromatic nitrogens is 1. The average Bonchev–Trinajstić information content (AvgIpc) is 3.05. The normalized spacial score (nSPS) is 11.0. The Bertz CT molecular complexity index is 1020. The van der Waals surface area contributed by atoms with Crippen molar-refractivity contribution in [2.75, 3.05) is 7.11 Å². The molecule has 0 spiro atoms. The standard InChI is InChI=1S/C20H18BrN3O3S/c1-12-19(28-17(23-12)10-13-6-4-3-5-7-13)20(26)24-22-11-14-8-15(21)18(25)16(9-14)27-2/h3-9,11,25H,10H2,1-2H3,(H,24,26)/b22-11-. The fraction of sp³-hybridized carbons (Fsp3) is 0.150. The van der Waals surface area contributed by atoms with Crippen molar-refractivity contribution in [1.82, 2.24) is 10.4 Å². The van der Waals surface area contributed by atoms with Crippen molar-refractivity contribution >= 4 is 39.4 Å². The molecule has 2 N–H and O–H groups in total. The van der Waals surface area contributed by atoms with E-state index in [0.717, 1.165) is 10.6 Å². The molecule has 0 saturated heterocycles. The van der Waals surface area contributed by atoms with Gasteiger partial charge in [0.25, 0.3) is 5.91 Å². The van der Waals surface area contributed by atoms with E-state index >= 15 is 0 Å². The van der Waals surface area contributed by atoms with Gasteiger partial charge in [0.2, 0.25) is 0 Å². The van der Waals surface area contributed by atoms with Gasteiger partial charge in [-0.2, -0.15) is 5.10 Å². The minimum absolute atomic E-state index is 0.00918. The van der Waals surface area contributed by atoms with Crippen molar-refractivity contribution in [1.29, 1.82) is 0 Å². The second-order valence-electron chi connectivity index (χ2n) is 5.94. The Labute approximate surface area is 175 Å². The number of aromatic hydroxyl groups is 1. The van der Waals surface area contributed by atoms with E-state index in [4.69, 9.17) is 4.74 Å². The molecule has 1 heterocycles. The number of benzene rings is 2. The molecule has 8 heteroatoms. The maximum atomic E-state index is 12.4. The van der Waals surface area contributed by atoms with Crippen LogP contribution in [0.3, 0.4) is 0 Å². The molecule has 3 aromatic rings. The Morgan fingerprint density at radius 1 is 1.36 bits per heavy atom. The number of nitrogens with zero attached hydrogens (tertiary/aromatic N) is 2. The van der Waals surface area contributed by atoms with Crippen LogP contribution in [0, 0.1) is 6.92 Å². The summed E-state index contributed by atoms with van der Waals surface area (Å²) in [7, 11) is 1.46. The molecule has 0 aliphatic rings. The summed E-state index contributed by atoms with van der Waals surface area (Å²) < 4.78 is 5.57. The number of aryl methyl sites for hydroxylation is 1. The van der Waals surface area contributed by atoms with Gasteiger partial charge in [0.1, 0.15) is 4.88 Å². The predicted octanol–water partition coefficient (Wildman–Crippen LogP) is 4.28. The Hall–Kier alpha value is -2.71. The molecule has 0 unspecified atom stereocenters. The van der Waals surface area contributed by atoms with E-state index in [0.29, 0.717) is 32.8 Å². The second kappa shape index (κ2) is 8.99. The summed E-state index contributed by atoms with van der Waals surface area (Å²) >= 11 is 4.61. The number of nitrogens with one attached hydrogen (secondary N) is 1. The summed E-state index contributed by atoms with van der Waals surface area (Å²) in [6.45, 7) is 1.81. The number of carbonyl (C=O) groups excluding carboxylic acids is 1. The van der Waals surface area contributed by atoms with Crippen LogP contribution < -0.4 is 10.2 Å². The zero-order valence-corrected chi connectivity index (χ0v) is 17.7. The maximum absolute atomic E-state index is 12.4. The van der Waals surface area contributed by atoms with Gasteiger partial charge in [-0.3, -0.25) is 4.79 Å². The molecule has 2 aromatic carbocycles. The number of phenols is 1. The van der Waals surface area contributed by atoms with Crippen LogP contribution in [0.4, 0.5) is 0 Å². The number of ether oxygens (including phenoxy) is 1. The Kier molecular flexibility index (Phi) is 6.43. The third kappa shape index (κ3) is 4.76. The van der Waals surface area contributed by atoms with E-state index < -0.39 is 0 Å². The zero-order valence-electron chi connectivity index (χ0n) is 15.3. The molecule has 0 aliphatic carbocycles. The van der Waals surface area contributed by atoms with E-state index in [1.165, 1.54) is 24.7 Å². The van der Waals surface area contributed by atoms with Crippen LogP contribution in [-0.2, 0) is 6.42 Å². The van der Waals surface area contributed by atoms with Crippen LogP contribution in [-0.4, -0.2) is 29.3 Å². The van der Waals surface area contributed by atoms with Crippen LogP contribution in [0.2, 0.25) is 0 Å². The van der Waals surface area contributed by atoms with Crippen molar-refractivity contribution < 1.29 is 14.6 Å². The number of rotatable bonds is 6. The Morgan fingerprint density at radius 2 is 2.11 bits per heavy atom. The molecule has 0 fully saturated rings. The van der Waals surface area contributed by atoms with Crippen molar-refractivity contribution in [2.24, 2.45) is 5.10 Å². The number of halogens is 1. The first kappa shape index (κ1) is 20.0. The van der Waals surface area contributed by atoms with E-state index in [1.807, 2.05) is 37.3 Å². The van der Waals surface area contributed by atoms with Crippen molar-refractivity contribution in [3.05, 3.63) is 73.6 Å². The minimum atomic E-state index is -0.310. The molecule has 0 bridgehead atoms. The molecule has 144 valence electrons. The highest BCUT2D eigenvalue weighted by Crippen LogP contribution is 2.34. The van der Waals surface area contributed by atoms with Crippen LogP contribution in [0.25, 0.3) is 0 Å². The highest BCUT2D eigenvalue weighted by atomic mass is 79.9. The van der Waals surface area contributed by atoms with Crippen LogP contribution in [0.15, 0.2) is 52.0 Å². The summed E-state index contributed by atoms with van der Waals surface area (Å²) in [6.07, 6.45) is 2.16.